The normalized spacial score (nSPS) is 20.0. The van der Waals surface area contributed by atoms with Crippen molar-refractivity contribution < 1.29 is 22.7 Å². The van der Waals surface area contributed by atoms with Crippen molar-refractivity contribution in [3.8, 4) is 0 Å². The Balaban J connectivity index is 0.00000139. The summed E-state index contributed by atoms with van der Waals surface area (Å²) in [6.07, 6.45) is 2.69. The van der Waals surface area contributed by atoms with Gasteiger partial charge in [0.1, 0.15) is 12.0 Å². The fourth-order valence-electron chi connectivity index (χ4n) is 2.13. The summed E-state index contributed by atoms with van der Waals surface area (Å²) in [5.41, 5.74) is 5.08. The molecule has 1 aromatic heterocycles. The van der Waals surface area contributed by atoms with E-state index in [1.165, 1.54) is 4.57 Å². The molecular formula is C14H25FN3O5P. The van der Waals surface area contributed by atoms with Crippen molar-refractivity contribution in [1.82, 2.24) is 9.55 Å². The quantitative estimate of drug-likeness (QED) is 0.707. The fraction of sp³-hybridized carbons (Fsp3) is 0.714. The van der Waals surface area contributed by atoms with Crippen LogP contribution >= 0.6 is 8.60 Å². The summed E-state index contributed by atoms with van der Waals surface area (Å²) in [5, 5.41) is 0. The zero-order valence-corrected chi connectivity index (χ0v) is 15.1. The Bertz CT molecular complexity index is 527. The number of nitrogens with zero attached hydrogens (tertiary/aromatic N) is 2. The van der Waals surface area contributed by atoms with Crippen LogP contribution in [-0.2, 0) is 18.3 Å². The molecule has 1 saturated heterocycles. The number of nitrogen functional groups attached to an aromatic ring is 1. The average molecular weight is 365 g/mol. The van der Waals surface area contributed by atoms with Crippen LogP contribution in [0.3, 0.4) is 0 Å². The Kier molecular flexibility index (Phi) is 9.97. The Morgan fingerprint density at radius 3 is 2.58 bits per heavy atom. The minimum absolute atomic E-state index is 0.0969. The number of halogens is 1. The third-order valence-electron chi connectivity index (χ3n) is 3.08. The van der Waals surface area contributed by atoms with Gasteiger partial charge in [0.2, 0.25) is 0 Å². The first-order valence-corrected chi connectivity index (χ1v) is 8.80. The molecule has 0 amide bonds. The van der Waals surface area contributed by atoms with E-state index in [1.807, 2.05) is 13.8 Å². The zero-order valence-electron chi connectivity index (χ0n) is 14.2. The van der Waals surface area contributed by atoms with Crippen LogP contribution in [-0.4, -0.2) is 42.7 Å². The summed E-state index contributed by atoms with van der Waals surface area (Å²) in [6, 6.07) is 1.58. The van der Waals surface area contributed by atoms with E-state index < -0.39 is 14.3 Å². The molecule has 24 heavy (non-hydrogen) atoms. The maximum absolute atomic E-state index is 11.8. The van der Waals surface area contributed by atoms with Gasteiger partial charge < -0.3 is 24.0 Å². The van der Waals surface area contributed by atoms with Gasteiger partial charge in [0, 0.05) is 6.20 Å². The first-order chi connectivity index (χ1) is 11.6. The van der Waals surface area contributed by atoms with Crippen molar-refractivity contribution in [3.63, 3.8) is 0 Å². The van der Waals surface area contributed by atoms with Crippen LogP contribution < -0.4 is 11.4 Å². The third kappa shape index (κ3) is 6.41. The van der Waals surface area contributed by atoms with Crippen LogP contribution in [0.2, 0.25) is 0 Å². The summed E-state index contributed by atoms with van der Waals surface area (Å²) >= 11 is 0. The lowest BCUT2D eigenvalue weighted by Crippen LogP contribution is -2.27. The van der Waals surface area contributed by atoms with Gasteiger partial charge in [0.25, 0.3) is 0 Å². The molecule has 0 saturated carbocycles. The van der Waals surface area contributed by atoms with Gasteiger partial charge in [0.05, 0.1) is 33.1 Å². The van der Waals surface area contributed by atoms with Gasteiger partial charge in [-0.05, 0) is 32.8 Å². The molecule has 138 valence electrons. The number of hydrogen-bond acceptors (Lipinski definition) is 7. The molecule has 1 aliphatic heterocycles. The lowest BCUT2D eigenvalue weighted by molar-refractivity contribution is -0.0235. The number of ether oxygens (including phenoxy) is 1. The van der Waals surface area contributed by atoms with Crippen molar-refractivity contribution >= 4 is 14.4 Å². The zero-order chi connectivity index (χ0) is 17.9. The molecule has 0 aromatic carbocycles. The van der Waals surface area contributed by atoms with E-state index in [1.54, 1.807) is 12.3 Å². The molecule has 10 heteroatoms. The van der Waals surface area contributed by atoms with Gasteiger partial charge in [-0.2, -0.15) is 4.98 Å². The van der Waals surface area contributed by atoms with Crippen LogP contribution in [0.25, 0.3) is 0 Å². The van der Waals surface area contributed by atoms with Gasteiger partial charge in [-0.15, -0.1) is 0 Å². The van der Waals surface area contributed by atoms with Gasteiger partial charge in [0.15, 0.2) is 0 Å². The molecule has 2 heterocycles. The molecule has 1 fully saturated rings. The Hall–Kier alpha value is -1.12. The Morgan fingerprint density at radius 2 is 2.00 bits per heavy atom. The minimum atomic E-state index is -1.33. The van der Waals surface area contributed by atoms with Crippen LogP contribution in [0.4, 0.5) is 10.2 Å². The third-order valence-corrected chi connectivity index (χ3v) is 4.38. The first-order valence-electron chi connectivity index (χ1n) is 7.70. The van der Waals surface area contributed by atoms with E-state index in [0.29, 0.717) is 27.0 Å². The Morgan fingerprint density at radius 1 is 1.33 bits per heavy atom. The molecule has 0 bridgehead atoms. The van der Waals surface area contributed by atoms with E-state index in [-0.39, 0.29) is 18.1 Å². The number of hydrogen-bond donors (Lipinski definition) is 1. The van der Waals surface area contributed by atoms with Gasteiger partial charge in [-0.25, -0.2) is 4.79 Å². The van der Waals surface area contributed by atoms with Crippen LogP contribution in [0.15, 0.2) is 17.1 Å². The molecule has 1 aromatic rings. The molecule has 0 radical (unpaired) electrons. The number of aromatic nitrogens is 2. The topological polar surface area (TPSA) is 97.8 Å². The van der Waals surface area contributed by atoms with Crippen LogP contribution in [0.1, 0.15) is 32.9 Å². The number of nitrogens with two attached hydrogens (primary N) is 1. The smallest absolute Gasteiger partial charge is 0.351 e. The second-order valence-electron chi connectivity index (χ2n) is 4.69. The average Bonchev–Trinajstić information content (AvgIpc) is 3.03. The first kappa shape index (κ1) is 20.9. The monoisotopic (exact) mass is 365 g/mol. The summed E-state index contributed by atoms with van der Waals surface area (Å²) in [7, 11) is -0.833. The maximum atomic E-state index is 11.8. The molecule has 8 nitrogen and oxygen atoms in total. The highest BCUT2D eigenvalue weighted by atomic mass is 31.2. The second-order valence-corrected chi connectivity index (χ2v) is 5.91. The number of anilines is 1. The van der Waals surface area contributed by atoms with Crippen molar-refractivity contribution in [3.05, 3.63) is 22.7 Å². The molecule has 0 spiro atoms. The standard InChI is InChI=1S/C13H22N3O5P.CH3F/c1-3-18-22(19-4-2)20-9-10-5-6-12(21-10)16-8-7-11(14)15-13(16)17;1-2/h7-8,10,12H,3-6,9H2,1-2H3,(H2,14,15,17);1H3. The maximum Gasteiger partial charge on any atom is 0.351 e. The van der Waals surface area contributed by atoms with E-state index >= 15 is 0 Å². The lowest BCUT2D eigenvalue weighted by atomic mass is 10.2. The van der Waals surface area contributed by atoms with Crippen molar-refractivity contribution in [2.45, 2.75) is 39.0 Å². The van der Waals surface area contributed by atoms with Gasteiger partial charge >= 0.3 is 14.3 Å². The number of rotatable bonds is 8. The summed E-state index contributed by atoms with van der Waals surface area (Å²) in [6.45, 7) is 5.22. The predicted octanol–water partition coefficient (Wildman–Crippen LogP) is 2.41. The van der Waals surface area contributed by atoms with Crippen molar-refractivity contribution in [2.75, 3.05) is 32.7 Å². The highest BCUT2D eigenvalue weighted by Crippen LogP contribution is 2.40. The minimum Gasteiger partial charge on any atom is -0.383 e. The largest absolute Gasteiger partial charge is 0.383 e. The molecule has 2 atom stereocenters. The molecule has 0 aliphatic carbocycles. The summed E-state index contributed by atoms with van der Waals surface area (Å²) in [5.74, 6) is 0.207. The highest BCUT2D eigenvalue weighted by Gasteiger charge is 2.28. The van der Waals surface area contributed by atoms with E-state index in [9.17, 15) is 9.18 Å². The highest BCUT2D eigenvalue weighted by molar-refractivity contribution is 7.41. The number of alkyl halides is 1. The SMILES string of the molecule is CCOP(OCC)OCC1CCC(n2ccc(N)nc2=O)O1.CF. The predicted molar refractivity (Wildman–Crippen MR) is 89.2 cm³/mol. The van der Waals surface area contributed by atoms with Crippen molar-refractivity contribution in [2.24, 2.45) is 0 Å². The van der Waals surface area contributed by atoms with E-state index in [4.69, 9.17) is 24.0 Å². The van der Waals surface area contributed by atoms with E-state index in [0.717, 1.165) is 12.8 Å². The van der Waals surface area contributed by atoms with Crippen LogP contribution in [0, 0.1) is 0 Å². The van der Waals surface area contributed by atoms with E-state index in [2.05, 4.69) is 4.98 Å². The van der Waals surface area contributed by atoms with Gasteiger partial charge in [-0.1, -0.05) is 0 Å². The second kappa shape index (κ2) is 11.4. The van der Waals surface area contributed by atoms with Crippen molar-refractivity contribution in [1.29, 1.82) is 0 Å². The summed E-state index contributed by atoms with van der Waals surface area (Å²) < 4.78 is 33.1. The molecule has 2 rings (SSSR count). The van der Waals surface area contributed by atoms with Gasteiger partial charge in [-0.3, -0.25) is 8.96 Å². The molecule has 2 N–H and O–H groups in total. The Labute approximate surface area is 142 Å². The lowest BCUT2D eigenvalue weighted by Gasteiger charge is -2.18. The fourth-order valence-corrected chi connectivity index (χ4v) is 3.06. The molecule has 2 unspecified atom stereocenters. The summed E-state index contributed by atoms with van der Waals surface area (Å²) in [4.78, 5) is 15.5. The van der Waals surface area contributed by atoms with Crippen LogP contribution in [0.5, 0.6) is 0 Å². The molecule has 1 aliphatic rings. The molecular weight excluding hydrogens is 340 g/mol.